The van der Waals surface area contributed by atoms with Crippen LogP contribution < -0.4 is 5.32 Å². The van der Waals surface area contributed by atoms with Gasteiger partial charge in [-0.25, -0.2) is 4.39 Å². The third kappa shape index (κ3) is 2.74. The number of benzene rings is 1. The van der Waals surface area contributed by atoms with Crippen molar-refractivity contribution in [3.63, 3.8) is 0 Å². The van der Waals surface area contributed by atoms with E-state index < -0.39 is 0 Å². The molecular weight excluding hydrogens is 225 g/mol. The van der Waals surface area contributed by atoms with E-state index in [4.69, 9.17) is 11.6 Å². The molecule has 0 saturated heterocycles. The molecule has 0 aliphatic heterocycles. The van der Waals surface area contributed by atoms with Crippen molar-refractivity contribution in [3.8, 4) is 0 Å². The van der Waals surface area contributed by atoms with Gasteiger partial charge in [-0.1, -0.05) is 30.7 Å². The maximum Gasteiger partial charge on any atom is 0.145 e. The molecule has 16 heavy (non-hydrogen) atoms. The van der Waals surface area contributed by atoms with E-state index in [9.17, 15) is 4.39 Å². The second-order valence-corrected chi connectivity index (χ2v) is 4.83. The fraction of sp³-hybridized carbons (Fsp3) is 0.538. The molecule has 0 heterocycles. The zero-order valence-electron chi connectivity index (χ0n) is 9.47. The van der Waals surface area contributed by atoms with Crippen LogP contribution in [0.15, 0.2) is 18.2 Å². The number of rotatable bonds is 5. The SMILES string of the molecule is CCNC(Cc1cccc(Cl)c1F)C1CC1. The van der Waals surface area contributed by atoms with Crippen molar-refractivity contribution >= 4 is 11.6 Å². The molecule has 88 valence electrons. The quantitative estimate of drug-likeness (QED) is 0.833. The molecule has 1 saturated carbocycles. The Morgan fingerprint density at radius 3 is 2.88 bits per heavy atom. The van der Waals surface area contributed by atoms with Crippen LogP contribution in [0.5, 0.6) is 0 Å². The van der Waals surface area contributed by atoms with E-state index in [-0.39, 0.29) is 10.8 Å². The number of likely N-dealkylation sites (N-methyl/N-ethyl adjacent to an activating group) is 1. The summed E-state index contributed by atoms with van der Waals surface area (Å²) >= 11 is 5.77. The average Bonchev–Trinajstić information content (AvgIpc) is 3.07. The van der Waals surface area contributed by atoms with Crippen LogP contribution in [-0.2, 0) is 6.42 Å². The molecule has 1 fully saturated rings. The van der Waals surface area contributed by atoms with Gasteiger partial charge in [-0.05, 0) is 43.4 Å². The van der Waals surface area contributed by atoms with E-state index in [1.54, 1.807) is 6.07 Å². The minimum atomic E-state index is -0.257. The summed E-state index contributed by atoms with van der Waals surface area (Å²) in [6.45, 7) is 3.02. The van der Waals surface area contributed by atoms with E-state index >= 15 is 0 Å². The Hall–Kier alpha value is -0.600. The maximum absolute atomic E-state index is 13.7. The first-order valence-corrected chi connectivity index (χ1v) is 6.26. The van der Waals surface area contributed by atoms with Crippen LogP contribution in [0.2, 0.25) is 5.02 Å². The van der Waals surface area contributed by atoms with Crippen LogP contribution in [0, 0.1) is 11.7 Å². The summed E-state index contributed by atoms with van der Waals surface area (Å²) < 4.78 is 13.7. The molecule has 3 heteroatoms. The van der Waals surface area contributed by atoms with Gasteiger partial charge in [0, 0.05) is 6.04 Å². The van der Waals surface area contributed by atoms with E-state index in [2.05, 4.69) is 12.2 Å². The molecule has 1 atom stereocenters. The van der Waals surface area contributed by atoms with Crippen LogP contribution in [0.25, 0.3) is 0 Å². The van der Waals surface area contributed by atoms with Gasteiger partial charge in [0.1, 0.15) is 5.82 Å². The molecule has 1 aromatic rings. The highest BCUT2D eigenvalue weighted by molar-refractivity contribution is 6.30. The zero-order chi connectivity index (χ0) is 11.5. The summed E-state index contributed by atoms with van der Waals surface area (Å²) in [5.41, 5.74) is 0.727. The summed E-state index contributed by atoms with van der Waals surface area (Å²) in [4.78, 5) is 0. The molecule has 2 rings (SSSR count). The molecule has 1 aliphatic carbocycles. The standard InChI is InChI=1S/C13H17ClFN/c1-2-16-12(9-6-7-9)8-10-4-3-5-11(14)13(10)15/h3-5,9,12,16H,2,6-8H2,1H3. The van der Waals surface area contributed by atoms with Crippen LogP contribution in [0.4, 0.5) is 4.39 Å². The fourth-order valence-electron chi connectivity index (χ4n) is 2.11. The van der Waals surface area contributed by atoms with Crippen LogP contribution in [0.3, 0.4) is 0 Å². The number of halogens is 2. The normalized spacial score (nSPS) is 17.4. The van der Waals surface area contributed by atoms with Gasteiger partial charge in [0.25, 0.3) is 0 Å². The lowest BCUT2D eigenvalue weighted by Crippen LogP contribution is -2.33. The van der Waals surface area contributed by atoms with E-state index in [0.717, 1.165) is 24.4 Å². The Kier molecular flexibility index (Phi) is 3.82. The lowest BCUT2D eigenvalue weighted by atomic mass is 10.0. The van der Waals surface area contributed by atoms with Crippen LogP contribution in [-0.4, -0.2) is 12.6 Å². The van der Waals surface area contributed by atoms with Crippen LogP contribution >= 0.6 is 11.6 Å². The summed E-state index contributed by atoms with van der Waals surface area (Å²) in [7, 11) is 0. The lowest BCUT2D eigenvalue weighted by Gasteiger charge is -2.17. The molecule has 0 amide bonds. The summed E-state index contributed by atoms with van der Waals surface area (Å²) in [5.74, 6) is 0.464. The van der Waals surface area contributed by atoms with E-state index in [1.165, 1.54) is 12.8 Å². The zero-order valence-corrected chi connectivity index (χ0v) is 10.2. The first kappa shape index (κ1) is 11.9. The molecule has 1 nitrogen and oxygen atoms in total. The van der Waals surface area contributed by atoms with Gasteiger partial charge in [-0.3, -0.25) is 0 Å². The van der Waals surface area contributed by atoms with Crippen molar-refractivity contribution in [2.24, 2.45) is 5.92 Å². The Balaban J connectivity index is 2.08. The average molecular weight is 242 g/mol. The lowest BCUT2D eigenvalue weighted by molar-refractivity contribution is 0.463. The van der Waals surface area contributed by atoms with E-state index in [0.29, 0.717) is 6.04 Å². The number of hydrogen-bond donors (Lipinski definition) is 1. The van der Waals surface area contributed by atoms with Gasteiger partial charge in [0.15, 0.2) is 0 Å². The highest BCUT2D eigenvalue weighted by Crippen LogP contribution is 2.34. The van der Waals surface area contributed by atoms with E-state index in [1.807, 2.05) is 12.1 Å². The Morgan fingerprint density at radius 2 is 2.25 bits per heavy atom. The van der Waals surface area contributed by atoms with Crippen molar-refractivity contribution in [2.45, 2.75) is 32.2 Å². The second kappa shape index (κ2) is 5.15. The van der Waals surface area contributed by atoms with Gasteiger partial charge in [0.05, 0.1) is 5.02 Å². The predicted molar refractivity (Wildman–Crippen MR) is 65.3 cm³/mol. The third-order valence-corrected chi connectivity index (χ3v) is 3.42. The molecule has 1 aliphatic rings. The van der Waals surface area contributed by atoms with Gasteiger partial charge in [-0.15, -0.1) is 0 Å². The maximum atomic E-state index is 13.7. The fourth-order valence-corrected chi connectivity index (χ4v) is 2.30. The molecule has 1 N–H and O–H groups in total. The van der Waals surface area contributed by atoms with Gasteiger partial charge < -0.3 is 5.32 Å². The first-order chi connectivity index (χ1) is 7.72. The van der Waals surface area contributed by atoms with Crippen LogP contribution in [0.1, 0.15) is 25.3 Å². The minimum Gasteiger partial charge on any atom is -0.314 e. The van der Waals surface area contributed by atoms with Crippen molar-refractivity contribution in [1.82, 2.24) is 5.32 Å². The third-order valence-electron chi connectivity index (χ3n) is 3.13. The van der Waals surface area contributed by atoms with Gasteiger partial charge in [-0.2, -0.15) is 0 Å². The topological polar surface area (TPSA) is 12.0 Å². The monoisotopic (exact) mass is 241 g/mol. The Morgan fingerprint density at radius 1 is 1.50 bits per heavy atom. The summed E-state index contributed by atoms with van der Waals surface area (Å²) in [6.07, 6.45) is 3.27. The molecule has 1 aromatic carbocycles. The smallest absolute Gasteiger partial charge is 0.145 e. The molecule has 0 aromatic heterocycles. The predicted octanol–water partition coefficient (Wildman–Crippen LogP) is 3.41. The molecule has 0 radical (unpaired) electrons. The van der Waals surface area contributed by atoms with Gasteiger partial charge >= 0.3 is 0 Å². The van der Waals surface area contributed by atoms with Crippen molar-refractivity contribution in [2.75, 3.05) is 6.54 Å². The Labute approximate surface area is 101 Å². The number of hydrogen-bond acceptors (Lipinski definition) is 1. The highest BCUT2D eigenvalue weighted by Gasteiger charge is 2.31. The minimum absolute atomic E-state index is 0.226. The van der Waals surface area contributed by atoms with Crippen molar-refractivity contribution in [1.29, 1.82) is 0 Å². The highest BCUT2D eigenvalue weighted by atomic mass is 35.5. The largest absolute Gasteiger partial charge is 0.314 e. The molecule has 0 spiro atoms. The van der Waals surface area contributed by atoms with Crippen molar-refractivity contribution < 1.29 is 4.39 Å². The second-order valence-electron chi connectivity index (χ2n) is 4.42. The van der Waals surface area contributed by atoms with Gasteiger partial charge in [0.2, 0.25) is 0 Å². The summed E-state index contributed by atoms with van der Waals surface area (Å²) in [6, 6.07) is 5.64. The molecular formula is C13H17ClFN. The molecule has 0 bridgehead atoms. The Bertz CT molecular complexity index is 363. The molecule has 1 unspecified atom stereocenters. The number of nitrogens with one attached hydrogen (secondary N) is 1. The van der Waals surface area contributed by atoms with Crippen molar-refractivity contribution in [3.05, 3.63) is 34.6 Å². The summed E-state index contributed by atoms with van der Waals surface area (Å²) in [5, 5.41) is 3.66. The first-order valence-electron chi connectivity index (χ1n) is 5.88.